The summed E-state index contributed by atoms with van der Waals surface area (Å²) in [5.74, 6) is 0.584. The third-order valence-electron chi connectivity index (χ3n) is 4.31. The van der Waals surface area contributed by atoms with E-state index in [1.54, 1.807) is 38.3 Å². The number of aryl methyl sites for hydroxylation is 1. The van der Waals surface area contributed by atoms with Gasteiger partial charge in [0.15, 0.2) is 0 Å². The summed E-state index contributed by atoms with van der Waals surface area (Å²) >= 11 is 1.12. The number of hydrogen-bond acceptors (Lipinski definition) is 8. The number of anilines is 1. The van der Waals surface area contributed by atoms with Gasteiger partial charge in [-0.3, -0.25) is 24.8 Å². The first-order valence-corrected chi connectivity index (χ1v) is 10.4. The molecule has 0 aliphatic rings. The molecule has 166 valence electrons. The molecule has 0 saturated carbocycles. The van der Waals surface area contributed by atoms with Crippen molar-refractivity contribution in [3.8, 4) is 5.75 Å². The molecule has 2 aromatic carbocycles. The first kappa shape index (κ1) is 22.7. The fourth-order valence-electron chi connectivity index (χ4n) is 2.65. The van der Waals surface area contributed by atoms with Crippen molar-refractivity contribution in [3.63, 3.8) is 0 Å². The summed E-state index contributed by atoms with van der Waals surface area (Å²) in [4.78, 5) is 38.9. The molecule has 0 fully saturated rings. The van der Waals surface area contributed by atoms with Gasteiger partial charge in [-0.1, -0.05) is 11.8 Å². The van der Waals surface area contributed by atoms with Crippen LogP contribution in [0.3, 0.4) is 0 Å². The number of ether oxygens (including phenoxy) is 1. The Hall–Kier alpha value is -3.93. The Labute approximate surface area is 187 Å². The van der Waals surface area contributed by atoms with Crippen LogP contribution in [-0.4, -0.2) is 44.8 Å². The maximum Gasteiger partial charge on any atom is 0.269 e. The summed E-state index contributed by atoms with van der Waals surface area (Å²) in [5, 5.41) is 23.3. The number of carbonyl (C=O) groups is 2. The highest BCUT2D eigenvalue weighted by atomic mass is 32.2. The molecule has 0 bridgehead atoms. The Kier molecular flexibility index (Phi) is 7.39. The van der Waals surface area contributed by atoms with Crippen LogP contribution in [0.25, 0.3) is 0 Å². The second-order valence-corrected chi connectivity index (χ2v) is 7.51. The number of thioether (sulfide) groups is 1. The van der Waals surface area contributed by atoms with Crippen molar-refractivity contribution in [1.29, 1.82) is 0 Å². The molecule has 3 N–H and O–H groups in total. The number of rotatable bonds is 9. The molecule has 12 heteroatoms. The van der Waals surface area contributed by atoms with Crippen LogP contribution in [0.4, 0.5) is 11.4 Å². The highest BCUT2D eigenvalue weighted by molar-refractivity contribution is 7.99. The summed E-state index contributed by atoms with van der Waals surface area (Å²) in [6, 6.07) is 10.9. The van der Waals surface area contributed by atoms with Crippen molar-refractivity contribution in [2.45, 2.75) is 18.6 Å². The van der Waals surface area contributed by atoms with Gasteiger partial charge in [0, 0.05) is 23.4 Å². The van der Waals surface area contributed by atoms with Gasteiger partial charge in [-0.2, -0.15) is 0 Å². The zero-order valence-electron chi connectivity index (χ0n) is 17.2. The maximum atomic E-state index is 12.2. The molecular formula is C20H20N6O5S. The fraction of sp³-hybridized carbons (Fsp3) is 0.200. The second kappa shape index (κ2) is 10.4. The van der Waals surface area contributed by atoms with Gasteiger partial charge in [0.25, 0.3) is 11.6 Å². The molecule has 0 aliphatic carbocycles. The number of nitro benzene ring substituents is 1. The third kappa shape index (κ3) is 6.04. The number of nitrogens with one attached hydrogen (secondary N) is 3. The highest BCUT2D eigenvalue weighted by Gasteiger charge is 2.13. The van der Waals surface area contributed by atoms with E-state index in [0.717, 1.165) is 11.8 Å². The third-order valence-corrected chi connectivity index (χ3v) is 5.15. The lowest BCUT2D eigenvalue weighted by atomic mass is 10.2. The van der Waals surface area contributed by atoms with Gasteiger partial charge in [0.1, 0.15) is 11.6 Å². The van der Waals surface area contributed by atoms with Crippen molar-refractivity contribution in [2.24, 2.45) is 0 Å². The summed E-state index contributed by atoms with van der Waals surface area (Å²) < 4.78 is 5.06. The Morgan fingerprint density at radius 2 is 1.97 bits per heavy atom. The van der Waals surface area contributed by atoms with E-state index in [1.165, 1.54) is 18.2 Å². The molecular weight excluding hydrogens is 436 g/mol. The SMILES string of the molecule is COc1ccc(C(=O)NCc2nc(SCC(=O)Nc3ccc([N+](=O)[O-])cc3C)n[nH]2)cc1. The molecule has 1 heterocycles. The predicted molar refractivity (Wildman–Crippen MR) is 118 cm³/mol. The molecule has 3 aromatic rings. The minimum absolute atomic E-state index is 0.0396. The van der Waals surface area contributed by atoms with Gasteiger partial charge in [0.05, 0.1) is 24.3 Å². The standard InChI is InChI=1S/C20H20N6O5S/c1-12-9-14(26(29)30)5-8-16(12)22-18(27)11-32-20-23-17(24-25-20)10-21-19(28)13-3-6-15(31-2)7-4-13/h3-9H,10-11H2,1-2H3,(H,21,28)(H,22,27)(H,23,24,25). The zero-order chi connectivity index (χ0) is 23.1. The van der Waals surface area contributed by atoms with E-state index in [4.69, 9.17) is 4.74 Å². The van der Waals surface area contributed by atoms with Crippen molar-refractivity contribution in [1.82, 2.24) is 20.5 Å². The summed E-state index contributed by atoms with van der Waals surface area (Å²) in [5.41, 5.74) is 1.53. The van der Waals surface area contributed by atoms with Crippen LogP contribution < -0.4 is 15.4 Å². The molecule has 32 heavy (non-hydrogen) atoms. The minimum Gasteiger partial charge on any atom is -0.497 e. The Balaban J connectivity index is 1.47. The van der Waals surface area contributed by atoms with Crippen molar-refractivity contribution >= 4 is 35.0 Å². The molecule has 0 aliphatic heterocycles. The Morgan fingerprint density at radius 3 is 2.62 bits per heavy atom. The average molecular weight is 456 g/mol. The molecule has 0 unspecified atom stereocenters. The van der Waals surface area contributed by atoms with Crippen molar-refractivity contribution < 1.29 is 19.2 Å². The monoisotopic (exact) mass is 456 g/mol. The number of nitrogens with zero attached hydrogens (tertiary/aromatic N) is 3. The van der Waals surface area contributed by atoms with E-state index in [-0.39, 0.29) is 29.8 Å². The number of H-pyrrole nitrogens is 1. The lowest BCUT2D eigenvalue weighted by Gasteiger charge is -2.07. The number of methoxy groups -OCH3 is 1. The van der Waals surface area contributed by atoms with Crippen LogP contribution >= 0.6 is 11.8 Å². The van der Waals surface area contributed by atoms with Gasteiger partial charge in [-0.25, -0.2) is 4.98 Å². The second-order valence-electron chi connectivity index (χ2n) is 6.57. The molecule has 3 rings (SSSR count). The van der Waals surface area contributed by atoms with E-state index >= 15 is 0 Å². The number of aromatic nitrogens is 3. The molecule has 0 radical (unpaired) electrons. The minimum atomic E-state index is -0.491. The number of carbonyl (C=O) groups excluding carboxylic acids is 2. The van der Waals surface area contributed by atoms with Crippen LogP contribution in [0.2, 0.25) is 0 Å². The molecule has 0 saturated heterocycles. The lowest BCUT2D eigenvalue weighted by molar-refractivity contribution is -0.384. The maximum absolute atomic E-state index is 12.2. The molecule has 0 atom stereocenters. The van der Waals surface area contributed by atoms with Crippen molar-refractivity contribution in [2.75, 3.05) is 18.2 Å². The molecule has 2 amide bonds. The topological polar surface area (TPSA) is 152 Å². The van der Waals surface area contributed by atoms with Gasteiger partial charge in [-0.05, 0) is 42.8 Å². The number of non-ortho nitro benzene ring substituents is 1. The highest BCUT2D eigenvalue weighted by Crippen LogP contribution is 2.22. The van der Waals surface area contributed by atoms with Gasteiger partial charge < -0.3 is 15.4 Å². The van der Waals surface area contributed by atoms with Crippen molar-refractivity contribution in [3.05, 3.63) is 69.5 Å². The van der Waals surface area contributed by atoms with E-state index in [9.17, 15) is 19.7 Å². The first-order valence-electron chi connectivity index (χ1n) is 9.37. The number of hydrogen-bond donors (Lipinski definition) is 3. The van der Waals surface area contributed by atoms with Crippen LogP contribution in [0.15, 0.2) is 47.6 Å². The van der Waals surface area contributed by atoms with Crippen LogP contribution in [0.5, 0.6) is 5.75 Å². The largest absolute Gasteiger partial charge is 0.497 e. The average Bonchev–Trinajstić information content (AvgIpc) is 3.25. The van der Waals surface area contributed by atoms with E-state index in [0.29, 0.717) is 33.5 Å². The van der Waals surface area contributed by atoms with E-state index < -0.39 is 4.92 Å². The zero-order valence-corrected chi connectivity index (χ0v) is 18.1. The van der Waals surface area contributed by atoms with Crippen LogP contribution in [0.1, 0.15) is 21.7 Å². The van der Waals surface area contributed by atoms with E-state index in [1.807, 2.05) is 0 Å². The molecule has 11 nitrogen and oxygen atoms in total. The lowest BCUT2D eigenvalue weighted by Crippen LogP contribution is -2.23. The first-order chi connectivity index (χ1) is 15.4. The van der Waals surface area contributed by atoms with E-state index in [2.05, 4.69) is 25.8 Å². The number of aromatic amines is 1. The summed E-state index contributed by atoms with van der Waals surface area (Å²) in [6.07, 6.45) is 0. The number of amides is 2. The normalized spacial score (nSPS) is 10.4. The smallest absolute Gasteiger partial charge is 0.269 e. The van der Waals surface area contributed by atoms with Gasteiger partial charge in [0.2, 0.25) is 11.1 Å². The number of nitro groups is 1. The summed E-state index contributed by atoms with van der Waals surface area (Å²) in [6.45, 7) is 1.82. The Morgan fingerprint density at radius 1 is 1.22 bits per heavy atom. The van der Waals surface area contributed by atoms with Crippen LogP contribution in [0, 0.1) is 17.0 Å². The Bertz CT molecular complexity index is 1130. The molecule has 1 aromatic heterocycles. The fourth-order valence-corrected chi connectivity index (χ4v) is 3.27. The summed E-state index contributed by atoms with van der Waals surface area (Å²) in [7, 11) is 1.55. The number of benzene rings is 2. The van der Waals surface area contributed by atoms with Crippen LogP contribution in [-0.2, 0) is 11.3 Å². The van der Waals surface area contributed by atoms with Gasteiger partial charge >= 0.3 is 0 Å². The molecule has 0 spiro atoms. The predicted octanol–water partition coefficient (Wildman–Crippen LogP) is 2.69. The quantitative estimate of drug-likeness (QED) is 0.252. The van der Waals surface area contributed by atoms with Gasteiger partial charge in [-0.15, -0.1) is 5.10 Å².